The highest BCUT2D eigenvalue weighted by Gasteiger charge is 2.19. The van der Waals surface area contributed by atoms with Crippen LogP contribution in [0, 0.1) is 0 Å². The summed E-state index contributed by atoms with van der Waals surface area (Å²) >= 11 is 0. The number of carbonyl (C=O) groups is 3. The number of likely N-dealkylation sites (tertiary alicyclic amines) is 1. The lowest BCUT2D eigenvalue weighted by molar-refractivity contribution is -0.134. The van der Waals surface area contributed by atoms with E-state index in [1.165, 1.54) is 32.4 Å². The van der Waals surface area contributed by atoms with Crippen LogP contribution in [0.4, 0.5) is 0 Å². The first-order chi connectivity index (χ1) is 17.4. The molecule has 0 radical (unpaired) electrons. The van der Waals surface area contributed by atoms with E-state index in [9.17, 15) is 14.4 Å². The van der Waals surface area contributed by atoms with Gasteiger partial charge in [0.2, 0.25) is 0 Å². The number of carboxylic acids is 2. The van der Waals surface area contributed by atoms with Gasteiger partial charge < -0.3 is 20.4 Å². The summed E-state index contributed by atoms with van der Waals surface area (Å²) in [5.41, 5.74) is 2.46. The molecule has 0 spiro atoms. The predicted molar refractivity (Wildman–Crippen MR) is 138 cm³/mol. The third-order valence-corrected chi connectivity index (χ3v) is 5.89. The highest BCUT2D eigenvalue weighted by Crippen LogP contribution is 2.20. The van der Waals surface area contributed by atoms with Gasteiger partial charge in [-0.05, 0) is 50.0 Å². The number of nitrogens with one attached hydrogen (secondary N) is 1. The molecule has 1 aliphatic heterocycles. The predicted octanol–water partition coefficient (Wildman–Crippen LogP) is 4.29. The summed E-state index contributed by atoms with van der Waals surface area (Å²) in [6.45, 7) is 3.34. The number of aliphatic carboxylic acids is 2. The largest absolute Gasteiger partial charge is 0.478 e. The van der Waals surface area contributed by atoms with Crippen LogP contribution in [-0.4, -0.2) is 57.6 Å². The van der Waals surface area contributed by atoms with Crippen LogP contribution < -0.4 is 5.32 Å². The van der Waals surface area contributed by atoms with Gasteiger partial charge >= 0.3 is 11.9 Å². The highest BCUT2D eigenvalue weighted by molar-refractivity contribution is 5.95. The lowest BCUT2D eigenvalue weighted by atomic mass is 10.0. The van der Waals surface area contributed by atoms with Crippen molar-refractivity contribution in [3.63, 3.8) is 0 Å². The first kappa shape index (κ1) is 26.6. The quantitative estimate of drug-likeness (QED) is 0.404. The Hall–Kier alpha value is -4.04. The molecule has 1 unspecified atom stereocenters. The Balaban J connectivity index is 0.000000392. The summed E-state index contributed by atoms with van der Waals surface area (Å²) < 4.78 is 0. The van der Waals surface area contributed by atoms with Crippen LogP contribution in [0.3, 0.4) is 0 Å². The normalized spacial score (nSPS) is 14.6. The number of carbonyl (C=O) groups excluding carboxylic acids is 1. The second kappa shape index (κ2) is 13.7. The Kier molecular flexibility index (Phi) is 10.1. The molecule has 1 fully saturated rings. The maximum absolute atomic E-state index is 12.9. The van der Waals surface area contributed by atoms with Crippen molar-refractivity contribution in [2.75, 3.05) is 19.6 Å². The molecule has 3 aromatic rings. The number of hydrogen-bond acceptors (Lipinski definition) is 5. The van der Waals surface area contributed by atoms with Gasteiger partial charge in [-0.1, -0.05) is 61.0 Å². The number of pyridine rings is 1. The molecule has 1 saturated heterocycles. The summed E-state index contributed by atoms with van der Waals surface area (Å²) in [5.74, 6) is -2.63. The number of fused-ring (bicyclic) bond motifs is 1. The van der Waals surface area contributed by atoms with Crippen LogP contribution in [0.25, 0.3) is 10.9 Å². The molecular weight excluding hydrogens is 458 g/mol. The molecular formula is C28H31N3O5. The Morgan fingerprint density at radius 1 is 0.861 bits per heavy atom. The van der Waals surface area contributed by atoms with Crippen molar-refractivity contribution in [1.82, 2.24) is 15.2 Å². The van der Waals surface area contributed by atoms with Crippen LogP contribution in [0.2, 0.25) is 0 Å². The minimum atomic E-state index is -1.26. The van der Waals surface area contributed by atoms with Gasteiger partial charge in [0.25, 0.3) is 5.91 Å². The zero-order valence-corrected chi connectivity index (χ0v) is 20.0. The lowest BCUT2D eigenvalue weighted by Crippen LogP contribution is -2.35. The van der Waals surface area contributed by atoms with Crippen LogP contribution >= 0.6 is 0 Å². The summed E-state index contributed by atoms with van der Waals surface area (Å²) in [4.78, 5) is 39.1. The van der Waals surface area contributed by atoms with E-state index in [-0.39, 0.29) is 11.9 Å². The molecule has 188 valence electrons. The maximum atomic E-state index is 12.9. The second-order valence-corrected chi connectivity index (χ2v) is 8.53. The van der Waals surface area contributed by atoms with Crippen molar-refractivity contribution < 1.29 is 24.6 Å². The SMILES string of the molecule is O=C(NC(CCN1CCCCC1)c1ccccc1)c1ccc2ccccc2n1.O=C(O)C=CC(=O)O. The van der Waals surface area contributed by atoms with Gasteiger partial charge in [-0.3, -0.25) is 4.79 Å². The third-order valence-electron chi connectivity index (χ3n) is 5.89. The average molecular weight is 490 g/mol. The maximum Gasteiger partial charge on any atom is 0.328 e. The zero-order valence-electron chi connectivity index (χ0n) is 20.0. The van der Waals surface area contributed by atoms with Crippen LogP contribution in [-0.2, 0) is 9.59 Å². The van der Waals surface area contributed by atoms with Crippen molar-refractivity contribution in [1.29, 1.82) is 0 Å². The molecule has 8 heteroatoms. The number of aromatic nitrogens is 1. The van der Waals surface area contributed by atoms with Gasteiger partial charge in [0.1, 0.15) is 5.69 Å². The topological polar surface area (TPSA) is 120 Å². The molecule has 1 aliphatic rings. The zero-order chi connectivity index (χ0) is 25.8. The van der Waals surface area contributed by atoms with Crippen LogP contribution in [0.1, 0.15) is 47.8 Å². The number of benzene rings is 2. The summed E-state index contributed by atoms with van der Waals surface area (Å²) in [6, 6.07) is 21.9. The third kappa shape index (κ3) is 8.63. The van der Waals surface area contributed by atoms with Gasteiger partial charge in [-0.25, -0.2) is 14.6 Å². The van der Waals surface area contributed by atoms with Crippen LogP contribution in [0.5, 0.6) is 0 Å². The van der Waals surface area contributed by atoms with E-state index in [1.54, 1.807) is 0 Å². The highest BCUT2D eigenvalue weighted by atomic mass is 16.4. The van der Waals surface area contributed by atoms with E-state index in [4.69, 9.17) is 10.2 Å². The number of rotatable bonds is 8. The second-order valence-electron chi connectivity index (χ2n) is 8.53. The van der Waals surface area contributed by atoms with Gasteiger partial charge in [0, 0.05) is 24.1 Å². The Morgan fingerprint density at radius 3 is 2.17 bits per heavy atom. The average Bonchev–Trinajstić information content (AvgIpc) is 2.91. The number of hydrogen-bond donors (Lipinski definition) is 3. The van der Waals surface area contributed by atoms with Gasteiger partial charge in [0.05, 0.1) is 11.6 Å². The molecule has 36 heavy (non-hydrogen) atoms. The fourth-order valence-corrected chi connectivity index (χ4v) is 4.07. The number of para-hydroxylation sites is 1. The summed E-state index contributed by atoms with van der Waals surface area (Å²) in [5, 5.41) is 19.9. The Labute approximate surface area is 210 Å². The first-order valence-corrected chi connectivity index (χ1v) is 12.0. The molecule has 1 amide bonds. The smallest absolute Gasteiger partial charge is 0.328 e. The molecule has 2 aromatic carbocycles. The van der Waals surface area contributed by atoms with Gasteiger partial charge in [-0.15, -0.1) is 0 Å². The van der Waals surface area contributed by atoms with E-state index in [2.05, 4.69) is 27.3 Å². The summed E-state index contributed by atoms with van der Waals surface area (Å²) in [6.07, 6.45) is 5.92. The minimum absolute atomic E-state index is 0.0103. The molecule has 1 atom stereocenters. The molecule has 0 saturated carbocycles. The Bertz CT molecular complexity index is 1170. The summed E-state index contributed by atoms with van der Waals surface area (Å²) in [7, 11) is 0. The standard InChI is InChI=1S/C24H27N3O.C4H4O4/c28-24(23-14-13-20-11-5-6-12-21(20)25-23)26-22(19-9-3-1-4-10-19)15-18-27-16-7-2-8-17-27;5-3(6)1-2-4(7)8/h1,3-6,9-14,22H,2,7-8,15-18H2,(H,26,28);1-2H,(H,5,6)(H,7,8). The number of carboxylic acid groups (broad SMARTS) is 2. The van der Waals surface area contributed by atoms with E-state index < -0.39 is 11.9 Å². The molecule has 0 aliphatic carbocycles. The number of piperidine rings is 1. The fourth-order valence-electron chi connectivity index (χ4n) is 4.07. The van der Waals surface area contributed by atoms with Crippen molar-refractivity contribution in [3.8, 4) is 0 Å². The van der Waals surface area contributed by atoms with Crippen molar-refractivity contribution in [2.45, 2.75) is 31.7 Å². The first-order valence-electron chi connectivity index (χ1n) is 12.0. The van der Waals surface area contributed by atoms with Crippen molar-refractivity contribution in [3.05, 3.63) is 90.1 Å². The van der Waals surface area contributed by atoms with E-state index in [1.807, 2.05) is 54.6 Å². The molecule has 4 rings (SSSR count). The van der Waals surface area contributed by atoms with E-state index in [0.717, 1.165) is 29.4 Å². The molecule has 8 nitrogen and oxygen atoms in total. The molecule has 2 heterocycles. The molecule has 3 N–H and O–H groups in total. The number of amides is 1. The molecule has 0 bridgehead atoms. The lowest BCUT2D eigenvalue weighted by Gasteiger charge is -2.28. The fraction of sp³-hybridized carbons (Fsp3) is 0.286. The van der Waals surface area contributed by atoms with Crippen molar-refractivity contribution in [2.24, 2.45) is 0 Å². The Morgan fingerprint density at radius 2 is 1.50 bits per heavy atom. The van der Waals surface area contributed by atoms with Gasteiger partial charge in [-0.2, -0.15) is 0 Å². The van der Waals surface area contributed by atoms with Crippen LogP contribution in [0.15, 0.2) is 78.9 Å². The van der Waals surface area contributed by atoms with E-state index >= 15 is 0 Å². The van der Waals surface area contributed by atoms with E-state index in [0.29, 0.717) is 17.8 Å². The van der Waals surface area contributed by atoms with Crippen molar-refractivity contribution >= 4 is 28.7 Å². The minimum Gasteiger partial charge on any atom is -0.478 e. The number of nitrogens with zero attached hydrogens (tertiary/aromatic N) is 2. The monoisotopic (exact) mass is 489 g/mol. The van der Waals surface area contributed by atoms with Gasteiger partial charge in [0.15, 0.2) is 0 Å². The molecule has 1 aromatic heterocycles.